The standard InChI is InChI=1S/C17H22N4O3S2/c1-4-11(2)15(16(23)24-3)19-14(22)10-26-17-18-13(20-21-17)8-7-12-6-5-9-25-12/h5-9,11,15H,4,10H2,1-3H3,(H,19,22)(H,18,20,21)/b8-7+. The SMILES string of the molecule is CCC(C)C(NC(=O)CSc1n[nH]c(/C=C/c2cccs2)n1)C(=O)OC. The van der Waals surface area contributed by atoms with Crippen molar-refractivity contribution in [3.8, 4) is 0 Å². The van der Waals surface area contributed by atoms with Crippen LogP contribution in [0.2, 0.25) is 0 Å². The second-order valence-corrected chi connectivity index (χ2v) is 7.52. The van der Waals surface area contributed by atoms with Gasteiger partial charge in [0, 0.05) is 4.88 Å². The molecule has 140 valence electrons. The molecule has 0 aromatic carbocycles. The van der Waals surface area contributed by atoms with Gasteiger partial charge in [-0.1, -0.05) is 38.1 Å². The lowest BCUT2D eigenvalue weighted by Gasteiger charge is -2.21. The van der Waals surface area contributed by atoms with Crippen molar-refractivity contribution in [1.82, 2.24) is 20.5 Å². The van der Waals surface area contributed by atoms with Crippen molar-refractivity contribution in [2.45, 2.75) is 31.5 Å². The van der Waals surface area contributed by atoms with Crippen LogP contribution in [-0.2, 0) is 14.3 Å². The van der Waals surface area contributed by atoms with Crippen molar-refractivity contribution in [1.29, 1.82) is 0 Å². The molecule has 2 heterocycles. The van der Waals surface area contributed by atoms with E-state index in [0.717, 1.165) is 11.3 Å². The van der Waals surface area contributed by atoms with Crippen LogP contribution in [0.25, 0.3) is 12.2 Å². The minimum absolute atomic E-state index is 0.00565. The zero-order chi connectivity index (χ0) is 18.9. The molecule has 2 aromatic heterocycles. The lowest BCUT2D eigenvalue weighted by molar-refractivity contribution is -0.146. The van der Waals surface area contributed by atoms with Crippen LogP contribution in [-0.4, -0.2) is 46.0 Å². The third-order valence-electron chi connectivity index (χ3n) is 3.75. The largest absolute Gasteiger partial charge is 0.467 e. The Hall–Kier alpha value is -2.13. The Kier molecular flexibility index (Phi) is 7.86. The highest BCUT2D eigenvalue weighted by molar-refractivity contribution is 7.99. The molecule has 0 spiro atoms. The van der Waals surface area contributed by atoms with Gasteiger partial charge in [-0.3, -0.25) is 9.89 Å². The van der Waals surface area contributed by atoms with Crippen molar-refractivity contribution >= 4 is 47.1 Å². The highest BCUT2D eigenvalue weighted by atomic mass is 32.2. The minimum Gasteiger partial charge on any atom is -0.467 e. The Morgan fingerprint density at radius 3 is 2.92 bits per heavy atom. The van der Waals surface area contributed by atoms with E-state index in [4.69, 9.17) is 4.74 Å². The van der Waals surface area contributed by atoms with Crippen LogP contribution in [0.1, 0.15) is 31.0 Å². The number of methoxy groups -OCH3 is 1. The molecule has 2 atom stereocenters. The average molecular weight is 395 g/mol. The van der Waals surface area contributed by atoms with Gasteiger partial charge in [0.25, 0.3) is 0 Å². The normalized spacial score (nSPS) is 13.5. The number of ether oxygens (including phenoxy) is 1. The van der Waals surface area contributed by atoms with Crippen LogP contribution in [0.5, 0.6) is 0 Å². The number of aromatic amines is 1. The first-order valence-corrected chi connectivity index (χ1v) is 10.0. The maximum Gasteiger partial charge on any atom is 0.328 e. The summed E-state index contributed by atoms with van der Waals surface area (Å²) >= 11 is 2.84. The van der Waals surface area contributed by atoms with Gasteiger partial charge in [0.2, 0.25) is 11.1 Å². The smallest absolute Gasteiger partial charge is 0.328 e. The van der Waals surface area contributed by atoms with E-state index in [0.29, 0.717) is 11.0 Å². The Bertz CT molecular complexity index is 743. The number of carbonyl (C=O) groups excluding carboxylic acids is 2. The third-order valence-corrected chi connectivity index (χ3v) is 5.43. The molecule has 2 N–H and O–H groups in total. The number of hydrogen-bond donors (Lipinski definition) is 2. The monoisotopic (exact) mass is 394 g/mol. The van der Waals surface area contributed by atoms with Gasteiger partial charge >= 0.3 is 5.97 Å². The van der Waals surface area contributed by atoms with Gasteiger partial charge in [-0.2, -0.15) is 0 Å². The molecule has 0 saturated carbocycles. The van der Waals surface area contributed by atoms with Gasteiger partial charge in [0.1, 0.15) is 11.9 Å². The minimum atomic E-state index is -0.644. The number of aromatic nitrogens is 3. The lowest BCUT2D eigenvalue weighted by atomic mass is 9.99. The van der Waals surface area contributed by atoms with Crippen molar-refractivity contribution < 1.29 is 14.3 Å². The van der Waals surface area contributed by atoms with Crippen LogP contribution in [0.4, 0.5) is 0 Å². The first-order valence-electron chi connectivity index (χ1n) is 8.17. The fourth-order valence-corrected chi connectivity index (χ4v) is 3.32. The van der Waals surface area contributed by atoms with Crippen molar-refractivity contribution in [3.05, 3.63) is 28.2 Å². The van der Waals surface area contributed by atoms with E-state index in [1.54, 1.807) is 11.3 Å². The first-order chi connectivity index (χ1) is 12.5. The second-order valence-electron chi connectivity index (χ2n) is 5.59. The molecule has 1 amide bonds. The third kappa shape index (κ3) is 5.99. The summed E-state index contributed by atoms with van der Waals surface area (Å²) in [7, 11) is 1.32. The average Bonchev–Trinajstić information content (AvgIpc) is 3.33. The van der Waals surface area contributed by atoms with Gasteiger partial charge in [0.05, 0.1) is 12.9 Å². The number of amides is 1. The number of nitrogens with one attached hydrogen (secondary N) is 2. The number of thioether (sulfide) groups is 1. The summed E-state index contributed by atoms with van der Waals surface area (Å²) in [4.78, 5) is 29.4. The van der Waals surface area contributed by atoms with Crippen molar-refractivity contribution in [2.24, 2.45) is 5.92 Å². The number of H-pyrrole nitrogens is 1. The molecule has 0 fully saturated rings. The van der Waals surface area contributed by atoms with Crippen molar-refractivity contribution in [2.75, 3.05) is 12.9 Å². The molecule has 2 unspecified atom stereocenters. The number of thiophene rings is 1. The summed E-state index contributed by atoms with van der Waals surface area (Å²) < 4.78 is 4.76. The number of hydrogen-bond acceptors (Lipinski definition) is 7. The van der Waals surface area contributed by atoms with Crippen LogP contribution >= 0.6 is 23.1 Å². The maximum atomic E-state index is 12.1. The Morgan fingerprint density at radius 2 is 2.27 bits per heavy atom. The molecule has 2 rings (SSSR count). The second kappa shape index (κ2) is 10.1. The summed E-state index contributed by atoms with van der Waals surface area (Å²) in [6.45, 7) is 3.86. The van der Waals surface area contributed by atoms with Gasteiger partial charge < -0.3 is 10.1 Å². The molecule has 0 saturated heterocycles. The van der Waals surface area contributed by atoms with Crippen LogP contribution < -0.4 is 5.32 Å². The van der Waals surface area contributed by atoms with E-state index in [9.17, 15) is 9.59 Å². The predicted molar refractivity (Wildman–Crippen MR) is 104 cm³/mol. The molecular formula is C17H22N4O3S2. The Balaban J connectivity index is 1.86. The highest BCUT2D eigenvalue weighted by Gasteiger charge is 2.26. The van der Waals surface area contributed by atoms with E-state index in [-0.39, 0.29) is 17.6 Å². The van der Waals surface area contributed by atoms with Gasteiger partial charge in [-0.15, -0.1) is 16.4 Å². The summed E-state index contributed by atoms with van der Waals surface area (Å²) in [5, 5.41) is 12.1. The number of carbonyl (C=O) groups is 2. The molecule has 0 radical (unpaired) electrons. The molecule has 0 aliphatic heterocycles. The first kappa shape index (κ1) is 20.2. The van der Waals surface area contributed by atoms with E-state index in [1.807, 2.05) is 43.5 Å². The highest BCUT2D eigenvalue weighted by Crippen LogP contribution is 2.16. The molecule has 0 aliphatic rings. The van der Waals surface area contributed by atoms with Crippen molar-refractivity contribution in [3.63, 3.8) is 0 Å². The molecular weight excluding hydrogens is 372 g/mol. The topological polar surface area (TPSA) is 97.0 Å². The molecule has 26 heavy (non-hydrogen) atoms. The number of esters is 1. The molecule has 0 bridgehead atoms. The summed E-state index contributed by atoms with van der Waals surface area (Å²) in [6.07, 6.45) is 4.53. The van der Waals surface area contributed by atoms with Gasteiger partial charge in [0.15, 0.2) is 0 Å². The van der Waals surface area contributed by atoms with Gasteiger partial charge in [-0.25, -0.2) is 9.78 Å². The summed E-state index contributed by atoms with van der Waals surface area (Å²) in [5.41, 5.74) is 0. The Morgan fingerprint density at radius 1 is 1.46 bits per heavy atom. The predicted octanol–water partition coefficient (Wildman–Crippen LogP) is 2.83. The molecule has 9 heteroatoms. The summed E-state index contributed by atoms with van der Waals surface area (Å²) in [6, 6.07) is 3.34. The quantitative estimate of drug-likeness (QED) is 0.501. The van der Waals surface area contributed by atoms with Crippen LogP contribution in [0, 0.1) is 5.92 Å². The van der Waals surface area contributed by atoms with Crippen LogP contribution in [0.15, 0.2) is 22.7 Å². The maximum absolute atomic E-state index is 12.1. The van der Waals surface area contributed by atoms with E-state index in [1.165, 1.54) is 18.9 Å². The Labute approximate surface area is 160 Å². The fourth-order valence-electron chi connectivity index (χ4n) is 2.09. The lowest BCUT2D eigenvalue weighted by Crippen LogP contribution is -2.46. The van der Waals surface area contributed by atoms with Crippen LogP contribution in [0.3, 0.4) is 0 Å². The van der Waals surface area contributed by atoms with E-state index < -0.39 is 12.0 Å². The zero-order valence-electron chi connectivity index (χ0n) is 14.9. The fraction of sp³-hybridized carbons (Fsp3) is 0.412. The number of rotatable bonds is 9. The van der Waals surface area contributed by atoms with E-state index in [2.05, 4.69) is 20.5 Å². The zero-order valence-corrected chi connectivity index (χ0v) is 16.5. The number of nitrogens with zero attached hydrogens (tertiary/aromatic N) is 2. The van der Waals surface area contributed by atoms with E-state index >= 15 is 0 Å². The summed E-state index contributed by atoms with van der Waals surface area (Å²) in [5.74, 6) is 0.0422. The molecule has 0 aliphatic carbocycles. The van der Waals surface area contributed by atoms with Gasteiger partial charge in [-0.05, 0) is 29.5 Å². The molecule has 7 nitrogen and oxygen atoms in total. The molecule has 2 aromatic rings.